The zero-order chi connectivity index (χ0) is 11.4. The molecule has 15 heavy (non-hydrogen) atoms. The van der Waals surface area contributed by atoms with Crippen molar-refractivity contribution in [3.05, 3.63) is 28.8 Å². The second-order valence-corrected chi connectivity index (χ2v) is 4.59. The quantitative estimate of drug-likeness (QED) is 0.856. The summed E-state index contributed by atoms with van der Waals surface area (Å²) >= 11 is 6.08. The standard InChI is InChI=1S/C12H18ClNO/c1-8(2)7-15-12-5-4-10(9(3)14)6-11(12)13/h4-6,8-9H,7,14H2,1-3H3. The van der Waals surface area contributed by atoms with E-state index in [2.05, 4.69) is 13.8 Å². The fourth-order valence-electron chi connectivity index (χ4n) is 1.17. The van der Waals surface area contributed by atoms with E-state index in [1.54, 1.807) is 0 Å². The molecule has 1 aromatic rings. The van der Waals surface area contributed by atoms with Gasteiger partial charge in [-0.2, -0.15) is 0 Å². The molecule has 84 valence electrons. The first-order valence-corrected chi connectivity index (χ1v) is 5.56. The van der Waals surface area contributed by atoms with Crippen molar-refractivity contribution in [2.24, 2.45) is 11.7 Å². The summed E-state index contributed by atoms with van der Waals surface area (Å²) in [7, 11) is 0. The molecule has 0 bridgehead atoms. The van der Waals surface area contributed by atoms with E-state index in [9.17, 15) is 0 Å². The highest BCUT2D eigenvalue weighted by atomic mass is 35.5. The Kier molecular flexibility index (Phi) is 4.43. The molecule has 0 saturated heterocycles. The summed E-state index contributed by atoms with van der Waals surface area (Å²) in [5.74, 6) is 1.23. The van der Waals surface area contributed by atoms with E-state index in [0.29, 0.717) is 17.5 Å². The summed E-state index contributed by atoms with van der Waals surface area (Å²) in [5, 5.41) is 0.630. The molecule has 0 spiro atoms. The first kappa shape index (κ1) is 12.3. The van der Waals surface area contributed by atoms with Gasteiger partial charge in [0.15, 0.2) is 0 Å². The summed E-state index contributed by atoms with van der Waals surface area (Å²) in [6.07, 6.45) is 0. The molecule has 0 aromatic heterocycles. The van der Waals surface area contributed by atoms with Gasteiger partial charge < -0.3 is 10.5 Å². The molecule has 0 heterocycles. The van der Waals surface area contributed by atoms with Crippen molar-refractivity contribution in [2.45, 2.75) is 26.8 Å². The average molecular weight is 228 g/mol. The Balaban J connectivity index is 2.75. The van der Waals surface area contributed by atoms with E-state index in [-0.39, 0.29) is 6.04 Å². The fourth-order valence-corrected chi connectivity index (χ4v) is 1.42. The third kappa shape index (κ3) is 3.73. The second kappa shape index (κ2) is 5.38. The van der Waals surface area contributed by atoms with Crippen LogP contribution in [0.2, 0.25) is 5.02 Å². The summed E-state index contributed by atoms with van der Waals surface area (Å²) in [6.45, 7) is 6.81. The number of ether oxygens (including phenoxy) is 1. The maximum atomic E-state index is 6.08. The van der Waals surface area contributed by atoms with Gasteiger partial charge in [-0.1, -0.05) is 31.5 Å². The molecule has 1 unspecified atom stereocenters. The van der Waals surface area contributed by atoms with E-state index in [4.69, 9.17) is 22.1 Å². The lowest BCUT2D eigenvalue weighted by Crippen LogP contribution is -2.07. The van der Waals surface area contributed by atoms with E-state index in [1.807, 2.05) is 25.1 Å². The Morgan fingerprint density at radius 3 is 2.47 bits per heavy atom. The number of halogens is 1. The first-order chi connectivity index (χ1) is 7.00. The van der Waals surface area contributed by atoms with Crippen molar-refractivity contribution in [3.8, 4) is 5.75 Å². The third-order valence-corrected chi connectivity index (χ3v) is 2.35. The highest BCUT2D eigenvalue weighted by Gasteiger charge is 2.06. The number of nitrogens with two attached hydrogens (primary N) is 1. The van der Waals surface area contributed by atoms with Crippen LogP contribution >= 0.6 is 11.6 Å². The third-order valence-electron chi connectivity index (χ3n) is 2.05. The van der Waals surface area contributed by atoms with Crippen LogP contribution in [0, 0.1) is 5.92 Å². The SMILES string of the molecule is CC(C)COc1ccc(C(C)N)cc1Cl. The van der Waals surface area contributed by atoms with Crippen LogP contribution in [0.3, 0.4) is 0 Å². The number of rotatable bonds is 4. The van der Waals surface area contributed by atoms with Crippen molar-refractivity contribution in [2.75, 3.05) is 6.61 Å². The van der Waals surface area contributed by atoms with Gasteiger partial charge in [0.2, 0.25) is 0 Å². The lowest BCUT2D eigenvalue weighted by molar-refractivity contribution is 0.271. The lowest BCUT2D eigenvalue weighted by Gasteiger charge is -2.12. The van der Waals surface area contributed by atoms with Gasteiger partial charge in [-0.3, -0.25) is 0 Å². The van der Waals surface area contributed by atoms with Gasteiger partial charge >= 0.3 is 0 Å². The Morgan fingerprint density at radius 2 is 2.00 bits per heavy atom. The Hall–Kier alpha value is -0.730. The zero-order valence-corrected chi connectivity index (χ0v) is 10.2. The number of hydrogen-bond acceptors (Lipinski definition) is 2. The van der Waals surface area contributed by atoms with Crippen molar-refractivity contribution in [1.29, 1.82) is 0 Å². The average Bonchev–Trinajstić information content (AvgIpc) is 2.15. The molecule has 0 radical (unpaired) electrons. The van der Waals surface area contributed by atoms with Gasteiger partial charge in [-0.15, -0.1) is 0 Å². The van der Waals surface area contributed by atoms with Gasteiger partial charge in [0.25, 0.3) is 0 Å². The highest BCUT2D eigenvalue weighted by molar-refractivity contribution is 6.32. The van der Waals surface area contributed by atoms with Crippen LogP contribution in [-0.2, 0) is 0 Å². The Labute approximate surface area is 96.4 Å². The van der Waals surface area contributed by atoms with Crippen molar-refractivity contribution >= 4 is 11.6 Å². The van der Waals surface area contributed by atoms with Gasteiger partial charge in [0, 0.05) is 6.04 Å². The summed E-state index contributed by atoms with van der Waals surface area (Å²) in [5.41, 5.74) is 6.78. The highest BCUT2D eigenvalue weighted by Crippen LogP contribution is 2.27. The fraction of sp³-hybridized carbons (Fsp3) is 0.500. The van der Waals surface area contributed by atoms with Crippen molar-refractivity contribution < 1.29 is 4.74 Å². The van der Waals surface area contributed by atoms with E-state index >= 15 is 0 Å². The molecule has 1 aromatic carbocycles. The normalized spacial score (nSPS) is 12.9. The molecule has 3 heteroatoms. The topological polar surface area (TPSA) is 35.2 Å². The molecular weight excluding hydrogens is 210 g/mol. The van der Waals surface area contributed by atoms with Crippen LogP contribution in [0.5, 0.6) is 5.75 Å². The molecule has 2 N–H and O–H groups in total. The van der Waals surface area contributed by atoms with Gasteiger partial charge in [0.05, 0.1) is 11.6 Å². The maximum Gasteiger partial charge on any atom is 0.137 e. The van der Waals surface area contributed by atoms with Crippen LogP contribution in [0.4, 0.5) is 0 Å². The number of hydrogen-bond donors (Lipinski definition) is 1. The van der Waals surface area contributed by atoms with Crippen molar-refractivity contribution in [3.63, 3.8) is 0 Å². The largest absolute Gasteiger partial charge is 0.492 e. The molecule has 0 fully saturated rings. The Morgan fingerprint density at radius 1 is 1.33 bits per heavy atom. The Bertz CT molecular complexity index is 323. The smallest absolute Gasteiger partial charge is 0.137 e. The minimum Gasteiger partial charge on any atom is -0.492 e. The molecule has 1 rings (SSSR count). The van der Waals surface area contributed by atoms with Gasteiger partial charge in [0.1, 0.15) is 5.75 Å². The van der Waals surface area contributed by atoms with Crippen LogP contribution < -0.4 is 10.5 Å². The lowest BCUT2D eigenvalue weighted by atomic mass is 10.1. The number of benzene rings is 1. The predicted molar refractivity (Wildman–Crippen MR) is 64.4 cm³/mol. The van der Waals surface area contributed by atoms with Crippen LogP contribution in [-0.4, -0.2) is 6.61 Å². The second-order valence-electron chi connectivity index (χ2n) is 4.18. The monoisotopic (exact) mass is 227 g/mol. The van der Waals surface area contributed by atoms with Crippen LogP contribution in [0.25, 0.3) is 0 Å². The first-order valence-electron chi connectivity index (χ1n) is 5.18. The molecule has 0 amide bonds. The minimum atomic E-state index is 0.00153. The van der Waals surface area contributed by atoms with Gasteiger partial charge in [-0.25, -0.2) is 0 Å². The van der Waals surface area contributed by atoms with Crippen molar-refractivity contribution in [1.82, 2.24) is 0 Å². The summed E-state index contributed by atoms with van der Waals surface area (Å²) in [6, 6.07) is 5.69. The molecule has 1 atom stereocenters. The molecule has 2 nitrogen and oxygen atoms in total. The molecule has 0 aliphatic rings. The molecule has 0 aliphatic carbocycles. The summed E-state index contributed by atoms with van der Waals surface area (Å²) in [4.78, 5) is 0. The van der Waals surface area contributed by atoms with E-state index in [1.165, 1.54) is 0 Å². The molecule has 0 saturated carbocycles. The zero-order valence-electron chi connectivity index (χ0n) is 9.46. The maximum absolute atomic E-state index is 6.08. The summed E-state index contributed by atoms with van der Waals surface area (Å²) < 4.78 is 5.56. The van der Waals surface area contributed by atoms with Crippen LogP contribution in [0.1, 0.15) is 32.4 Å². The molecular formula is C12H18ClNO. The van der Waals surface area contributed by atoms with E-state index in [0.717, 1.165) is 11.3 Å². The van der Waals surface area contributed by atoms with Crippen LogP contribution in [0.15, 0.2) is 18.2 Å². The minimum absolute atomic E-state index is 0.00153. The van der Waals surface area contributed by atoms with E-state index < -0.39 is 0 Å². The van der Waals surface area contributed by atoms with Gasteiger partial charge in [-0.05, 0) is 30.5 Å². The molecule has 0 aliphatic heterocycles. The predicted octanol–water partition coefficient (Wildman–Crippen LogP) is 3.39.